The SMILES string of the molecule is [K+].[S-]c1ccc(Br)cc1. The molecule has 1 aromatic carbocycles. The molecule has 0 aliphatic heterocycles. The Kier molecular flexibility index (Phi) is 6.14. The van der Waals surface area contributed by atoms with E-state index in [2.05, 4.69) is 15.9 Å². The first kappa shape index (κ1) is 10.6. The Morgan fingerprint density at radius 2 is 1.56 bits per heavy atom. The molecule has 0 bridgehead atoms. The first-order chi connectivity index (χ1) is 3.79. The van der Waals surface area contributed by atoms with Gasteiger partial charge >= 0.3 is 51.4 Å². The minimum atomic E-state index is 0. The van der Waals surface area contributed by atoms with E-state index in [1.807, 2.05) is 24.3 Å². The van der Waals surface area contributed by atoms with E-state index < -0.39 is 0 Å². The fourth-order valence-corrected chi connectivity index (χ4v) is 0.835. The van der Waals surface area contributed by atoms with Crippen LogP contribution in [0.5, 0.6) is 0 Å². The average Bonchev–Trinajstić information content (AvgIpc) is 1.77. The fourth-order valence-electron chi connectivity index (χ4n) is 0.435. The largest absolute Gasteiger partial charge is 1.00 e. The van der Waals surface area contributed by atoms with Gasteiger partial charge in [0.1, 0.15) is 0 Å². The molecule has 0 spiro atoms. The maximum absolute atomic E-state index is 4.85. The van der Waals surface area contributed by atoms with Crippen LogP contribution in [0.25, 0.3) is 0 Å². The monoisotopic (exact) mass is 226 g/mol. The molecule has 0 amide bonds. The van der Waals surface area contributed by atoms with E-state index in [1.54, 1.807) is 0 Å². The Morgan fingerprint density at radius 1 is 1.11 bits per heavy atom. The van der Waals surface area contributed by atoms with Gasteiger partial charge in [-0.1, -0.05) is 28.1 Å². The van der Waals surface area contributed by atoms with Crippen LogP contribution in [-0.4, -0.2) is 0 Å². The Labute approximate surface area is 111 Å². The summed E-state index contributed by atoms with van der Waals surface area (Å²) in [6, 6.07) is 7.64. The molecule has 0 heterocycles. The van der Waals surface area contributed by atoms with Crippen molar-refractivity contribution in [2.75, 3.05) is 0 Å². The molecule has 3 heteroatoms. The summed E-state index contributed by atoms with van der Waals surface area (Å²) in [5, 5.41) is 0. The van der Waals surface area contributed by atoms with Crippen molar-refractivity contribution in [3.8, 4) is 0 Å². The summed E-state index contributed by atoms with van der Waals surface area (Å²) in [5.74, 6) is 0. The quantitative estimate of drug-likeness (QED) is 0.419. The van der Waals surface area contributed by atoms with Gasteiger partial charge in [-0.15, -0.1) is 0 Å². The number of halogens is 1. The second kappa shape index (κ2) is 5.24. The van der Waals surface area contributed by atoms with Crippen LogP contribution < -0.4 is 51.4 Å². The minimum Gasteiger partial charge on any atom is -0.780 e. The summed E-state index contributed by atoms with van der Waals surface area (Å²) in [6.07, 6.45) is 0. The van der Waals surface area contributed by atoms with Gasteiger partial charge in [0, 0.05) is 4.47 Å². The molecule has 0 N–H and O–H groups in total. The van der Waals surface area contributed by atoms with Crippen molar-refractivity contribution in [1.82, 2.24) is 0 Å². The van der Waals surface area contributed by atoms with Crippen LogP contribution in [-0.2, 0) is 12.6 Å². The second-order valence-corrected chi connectivity index (χ2v) is 2.84. The van der Waals surface area contributed by atoms with Crippen molar-refractivity contribution in [2.24, 2.45) is 0 Å². The van der Waals surface area contributed by atoms with E-state index >= 15 is 0 Å². The van der Waals surface area contributed by atoms with Gasteiger partial charge in [-0.2, -0.15) is 4.90 Å². The van der Waals surface area contributed by atoms with Crippen molar-refractivity contribution in [1.29, 1.82) is 0 Å². The molecule has 1 aromatic rings. The van der Waals surface area contributed by atoms with Crippen molar-refractivity contribution < 1.29 is 51.4 Å². The van der Waals surface area contributed by atoms with Crippen LogP contribution >= 0.6 is 15.9 Å². The Bertz CT molecular complexity index is 152. The van der Waals surface area contributed by atoms with Crippen molar-refractivity contribution in [3.63, 3.8) is 0 Å². The zero-order valence-corrected chi connectivity index (χ0v) is 10.6. The molecule has 0 saturated heterocycles. The van der Waals surface area contributed by atoms with Gasteiger partial charge in [0.05, 0.1) is 0 Å². The van der Waals surface area contributed by atoms with Crippen LogP contribution in [0.1, 0.15) is 0 Å². The molecule has 0 saturated carbocycles. The van der Waals surface area contributed by atoms with Crippen LogP contribution in [0.15, 0.2) is 33.6 Å². The van der Waals surface area contributed by atoms with E-state index in [0.29, 0.717) is 0 Å². The van der Waals surface area contributed by atoms with Crippen molar-refractivity contribution >= 4 is 28.6 Å². The van der Waals surface area contributed by atoms with Crippen molar-refractivity contribution in [2.45, 2.75) is 4.90 Å². The number of benzene rings is 1. The summed E-state index contributed by atoms with van der Waals surface area (Å²) in [5.41, 5.74) is 0. The molecule has 0 aliphatic rings. The predicted molar refractivity (Wildman–Crippen MR) is 39.8 cm³/mol. The molecule has 0 atom stereocenters. The van der Waals surface area contributed by atoms with Crippen LogP contribution in [0.4, 0.5) is 0 Å². The van der Waals surface area contributed by atoms with E-state index in [4.69, 9.17) is 12.6 Å². The molecular formula is C6H4BrKS. The Balaban J connectivity index is 0.000000640. The number of hydrogen-bond acceptors (Lipinski definition) is 1. The average molecular weight is 227 g/mol. The molecule has 1 rings (SSSR count). The second-order valence-electron chi connectivity index (χ2n) is 1.45. The first-order valence-corrected chi connectivity index (χ1v) is 3.42. The van der Waals surface area contributed by atoms with Crippen LogP contribution in [0, 0.1) is 0 Å². The third kappa shape index (κ3) is 4.09. The molecule has 0 nitrogen and oxygen atoms in total. The smallest absolute Gasteiger partial charge is 0.780 e. The molecule has 9 heavy (non-hydrogen) atoms. The van der Waals surface area contributed by atoms with E-state index in [0.717, 1.165) is 9.37 Å². The van der Waals surface area contributed by atoms with Gasteiger partial charge in [-0.3, -0.25) is 0 Å². The number of rotatable bonds is 0. The van der Waals surface area contributed by atoms with Crippen LogP contribution in [0.2, 0.25) is 0 Å². The molecule has 0 unspecified atom stereocenters. The summed E-state index contributed by atoms with van der Waals surface area (Å²) in [7, 11) is 0. The normalized spacial score (nSPS) is 8.11. The van der Waals surface area contributed by atoms with Gasteiger partial charge in [-0.05, 0) is 12.1 Å². The Morgan fingerprint density at radius 3 is 1.89 bits per heavy atom. The van der Waals surface area contributed by atoms with E-state index in [1.165, 1.54) is 0 Å². The van der Waals surface area contributed by atoms with E-state index in [9.17, 15) is 0 Å². The third-order valence-corrected chi connectivity index (χ3v) is 1.61. The minimum absolute atomic E-state index is 0. The maximum atomic E-state index is 4.85. The topological polar surface area (TPSA) is 0 Å². The molecule has 0 aliphatic carbocycles. The van der Waals surface area contributed by atoms with Gasteiger partial charge in [0.25, 0.3) is 0 Å². The van der Waals surface area contributed by atoms with Crippen molar-refractivity contribution in [3.05, 3.63) is 28.7 Å². The molecule has 0 fully saturated rings. The zero-order valence-electron chi connectivity index (χ0n) is 5.10. The fraction of sp³-hybridized carbons (Fsp3) is 0. The maximum Gasteiger partial charge on any atom is 1.00 e. The summed E-state index contributed by atoms with van der Waals surface area (Å²) < 4.78 is 1.08. The Hall–Kier alpha value is 1.56. The van der Waals surface area contributed by atoms with Gasteiger partial charge < -0.3 is 12.6 Å². The summed E-state index contributed by atoms with van der Waals surface area (Å²) >= 11 is 8.15. The van der Waals surface area contributed by atoms with Gasteiger partial charge in [-0.25, -0.2) is 0 Å². The standard InChI is InChI=1S/C6H5BrS.K/c7-5-1-3-6(8)4-2-5;/h1-4,8H;/q;+1/p-1. The molecule has 42 valence electrons. The molecule has 0 radical (unpaired) electrons. The molecule has 0 aromatic heterocycles. The van der Waals surface area contributed by atoms with Gasteiger partial charge in [0.15, 0.2) is 0 Å². The predicted octanol–water partition coefficient (Wildman–Crippen LogP) is -0.641. The van der Waals surface area contributed by atoms with Gasteiger partial charge in [0.2, 0.25) is 0 Å². The summed E-state index contributed by atoms with van der Waals surface area (Å²) in [6.45, 7) is 0. The molecular weight excluding hydrogens is 223 g/mol. The van der Waals surface area contributed by atoms with E-state index in [-0.39, 0.29) is 51.4 Å². The number of hydrogen-bond donors (Lipinski definition) is 0. The summed E-state index contributed by atoms with van der Waals surface area (Å²) in [4.78, 5) is 0.883. The third-order valence-electron chi connectivity index (χ3n) is 0.814. The first-order valence-electron chi connectivity index (χ1n) is 2.21. The van der Waals surface area contributed by atoms with Crippen LogP contribution in [0.3, 0.4) is 0 Å². The zero-order chi connectivity index (χ0) is 5.98.